The summed E-state index contributed by atoms with van der Waals surface area (Å²) in [5, 5.41) is 12.2. The highest BCUT2D eigenvalue weighted by molar-refractivity contribution is 6.42. The highest BCUT2D eigenvalue weighted by Gasteiger charge is 2.49. The number of hydrogen-bond donors (Lipinski definition) is 1. The Balaban J connectivity index is 1.83. The highest BCUT2D eigenvalue weighted by atomic mass is 35.5. The monoisotopic (exact) mass is 434 g/mol. The lowest BCUT2D eigenvalue weighted by molar-refractivity contribution is -0.186. The molecule has 0 saturated carbocycles. The van der Waals surface area contributed by atoms with Crippen molar-refractivity contribution in [3.05, 3.63) is 86.8 Å². The van der Waals surface area contributed by atoms with Gasteiger partial charge in [0.15, 0.2) is 5.76 Å². The summed E-state index contributed by atoms with van der Waals surface area (Å²) in [6, 6.07) is 11.7. The van der Waals surface area contributed by atoms with E-state index in [-0.39, 0.29) is 24.5 Å². The van der Waals surface area contributed by atoms with Gasteiger partial charge in [-0.25, -0.2) is 4.79 Å². The fourth-order valence-corrected chi connectivity index (χ4v) is 3.59. The average Bonchev–Trinajstić information content (AvgIpc) is 3.32. The number of cyclic esters (lactones) is 1. The summed E-state index contributed by atoms with van der Waals surface area (Å²) in [4.78, 5) is 12.7. The molecular formula is C21H16Cl2O6. The van der Waals surface area contributed by atoms with Crippen LogP contribution < -0.4 is 4.74 Å². The van der Waals surface area contributed by atoms with Crippen molar-refractivity contribution in [3.8, 4) is 5.75 Å². The Morgan fingerprint density at radius 2 is 1.90 bits per heavy atom. The van der Waals surface area contributed by atoms with Crippen LogP contribution >= 0.6 is 23.2 Å². The molecule has 0 radical (unpaired) electrons. The number of benzene rings is 2. The van der Waals surface area contributed by atoms with E-state index in [1.54, 1.807) is 42.5 Å². The Kier molecular flexibility index (Phi) is 5.17. The molecule has 0 saturated heterocycles. The van der Waals surface area contributed by atoms with E-state index in [9.17, 15) is 9.90 Å². The Hall–Kier alpha value is -2.67. The maximum Gasteiger partial charge on any atom is 0.345 e. The molecule has 150 valence electrons. The first-order valence-electron chi connectivity index (χ1n) is 8.65. The molecule has 1 N–H and O–H groups in total. The summed E-state index contributed by atoms with van der Waals surface area (Å²) in [7, 11) is 1.54. The van der Waals surface area contributed by atoms with E-state index in [1.807, 2.05) is 0 Å². The number of rotatable bonds is 5. The van der Waals surface area contributed by atoms with Crippen LogP contribution in [0, 0.1) is 0 Å². The summed E-state index contributed by atoms with van der Waals surface area (Å²) in [6.45, 7) is -0.0207. The van der Waals surface area contributed by atoms with Crippen LogP contribution in [0.25, 0.3) is 0 Å². The largest absolute Gasteiger partial charge is 0.497 e. The van der Waals surface area contributed by atoms with Gasteiger partial charge in [-0.1, -0.05) is 29.3 Å². The third-order valence-electron chi connectivity index (χ3n) is 4.72. The Morgan fingerprint density at radius 1 is 1.14 bits per heavy atom. The number of methoxy groups -OCH3 is 1. The summed E-state index contributed by atoms with van der Waals surface area (Å²) in [6.07, 6.45) is 1.49. The second kappa shape index (κ2) is 7.63. The molecule has 0 aliphatic carbocycles. The number of hydrogen-bond acceptors (Lipinski definition) is 6. The molecule has 0 spiro atoms. The third-order valence-corrected chi connectivity index (χ3v) is 5.46. The van der Waals surface area contributed by atoms with Gasteiger partial charge in [0.2, 0.25) is 6.79 Å². The molecule has 0 fully saturated rings. The Morgan fingerprint density at radius 3 is 2.52 bits per heavy atom. The molecular weight excluding hydrogens is 419 g/mol. The molecule has 0 amide bonds. The van der Waals surface area contributed by atoms with Gasteiger partial charge in [-0.2, -0.15) is 0 Å². The van der Waals surface area contributed by atoms with Crippen molar-refractivity contribution in [2.75, 3.05) is 13.9 Å². The minimum absolute atomic E-state index is 0.0207. The van der Waals surface area contributed by atoms with Gasteiger partial charge in [-0.3, -0.25) is 0 Å². The van der Waals surface area contributed by atoms with Crippen LogP contribution in [-0.4, -0.2) is 25.0 Å². The zero-order valence-corrected chi connectivity index (χ0v) is 16.8. The lowest BCUT2D eigenvalue weighted by Gasteiger charge is -2.26. The van der Waals surface area contributed by atoms with E-state index in [2.05, 4.69) is 0 Å². The third kappa shape index (κ3) is 3.55. The number of halogens is 2. The van der Waals surface area contributed by atoms with E-state index in [0.29, 0.717) is 26.9 Å². The van der Waals surface area contributed by atoms with Crippen molar-refractivity contribution in [3.63, 3.8) is 0 Å². The van der Waals surface area contributed by atoms with Gasteiger partial charge in [-0.15, -0.1) is 0 Å². The fourth-order valence-electron chi connectivity index (χ4n) is 3.27. The molecule has 29 heavy (non-hydrogen) atoms. The molecule has 1 unspecified atom stereocenters. The lowest BCUT2D eigenvalue weighted by Crippen LogP contribution is -2.29. The standard InChI is InChI=1S/C21H16Cl2O6/c1-26-14-5-3-13(4-6-14)21(25)15(8-12-2-7-16(22)17(23)9-12)19(20(24)29-21)18-10-27-11-28-18/h2-7,9-10,25H,8,11H2,1H3. The summed E-state index contributed by atoms with van der Waals surface area (Å²) >= 11 is 12.1. The molecule has 1 atom stereocenters. The van der Waals surface area contributed by atoms with Gasteiger partial charge in [-0.05, 0) is 42.0 Å². The molecule has 2 aromatic rings. The number of ether oxygens (including phenoxy) is 4. The van der Waals surface area contributed by atoms with E-state index in [0.717, 1.165) is 5.56 Å². The lowest BCUT2D eigenvalue weighted by atomic mass is 9.90. The smallest absolute Gasteiger partial charge is 0.345 e. The molecule has 4 rings (SSSR count). The Labute approximate surface area is 176 Å². The van der Waals surface area contributed by atoms with E-state index < -0.39 is 11.8 Å². The second-order valence-corrected chi connectivity index (χ2v) is 7.27. The van der Waals surface area contributed by atoms with Gasteiger partial charge >= 0.3 is 5.97 Å². The average molecular weight is 435 g/mol. The van der Waals surface area contributed by atoms with E-state index in [1.165, 1.54) is 13.4 Å². The van der Waals surface area contributed by atoms with Crippen molar-refractivity contribution < 1.29 is 28.8 Å². The van der Waals surface area contributed by atoms with Crippen LogP contribution in [0.2, 0.25) is 10.0 Å². The summed E-state index contributed by atoms with van der Waals surface area (Å²) in [5.41, 5.74) is 1.53. The number of aliphatic hydroxyl groups is 1. The highest BCUT2D eigenvalue weighted by Crippen LogP contribution is 2.44. The molecule has 2 aliphatic heterocycles. The van der Waals surface area contributed by atoms with Crippen molar-refractivity contribution in [2.45, 2.75) is 12.2 Å². The van der Waals surface area contributed by atoms with Crippen LogP contribution in [-0.2, 0) is 31.2 Å². The van der Waals surface area contributed by atoms with E-state index >= 15 is 0 Å². The van der Waals surface area contributed by atoms with Gasteiger partial charge in [0.05, 0.1) is 17.2 Å². The first-order valence-corrected chi connectivity index (χ1v) is 9.40. The zero-order valence-electron chi connectivity index (χ0n) is 15.3. The Bertz CT molecular complexity index is 1030. The minimum Gasteiger partial charge on any atom is -0.497 e. The maximum atomic E-state index is 12.7. The van der Waals surface area contributed by atoms with Gasteiger partial charge in [0.1, 0.15) is 17.6 Å². The van der Waals surface area contributed by atoms with Gasteiger partial charge in [0, 0.05) is 17.6 Å². The predicted molar refractivity (Wildman–Crippen MR) is 105 cm³/mol. The molecule has 2 aliphatic rings. The quantitative estimate of drug-likeness (QED) is 0.714. The number of carbonyl (C=O) groups is 1. The first-order chi connectivity index (χ1) is 13.9. The second-order valence-electron chi connectivity index (χ2n) is 6.45. The number of carbonyl (C=O) groups excluding carboxylic acids is 1. The van der Waals surface area contributed by atoms with Crippen LogP contribution in [0.1, 0.15) is 11.1 Å². The first kappa shape index (κ1) is 19.6. The van der Waals surface area contributed by atoms with Crippen LogP contribution in [0.5, 0.6) is 5.75 Å². The normalized spacial score (nSPS) is 20.8. The van der Waals surface area contributed by atoms with Crippen LogP contribution in [0.4, 0.5) is 0 Å². The van der Waals surface area contributed by atoms with Gasteiger partial charge in [0.25, 0.3) is 5.79 Å². The van der Waals surface area contributed by atoms with Crippen LogP contribution in [0.15, 0.2) is 65.6 Å². The summed E-state index contributed by atoms with van der Waals surface area (Å²) in [5.74, 6) is -1.89. The van der Waals surface area contributed by atoms with Crippen molar-refractivity contribution >= 4 is 29.2 Å². The summed E-state index contributed by atoms with van der Waals surface area (Å²) < 4.78 is 21.1. The fraction of sp³-hybridized carbons (Fsp3) is 0.190. The van der Waals surface area contributed by atoms with Crippen molar-refractivity contribution in [1.29, 1.82) is 0 Å². The van der Waals surface area contributed by atoms with Crippen LogP contribution in [0.3, 0.4) is 0 Å². The molecule has 6 nitrogen and oxygen atoms in total. The van der Waals surface area contributed by atoms with Crippen molar-refractivity contribution in [1.82, 2.24) is 0 Å². The predicted octanol–water partition coefficient (Wildman–Crippen LogP) is 4.09. The van der Waals surface area contributed by atoms with E-state index in [4.69, 9.17) is 42.1 Å². The molecule has 2 aromatic carbocycles. The minimum atomic E-state index is -1.99. The maximum absolute atomic E-state index is 12.7. The SMILES string of the molecule is COc1ccc(C2(O)OC(=O)C(C3=COCO3)=C2Cc2ccc(Cl)c(Cl)c2)cc1. The topological polar surface area (TPSA) is 74.2 Å². The molecule has 8 heteroatoms. The zero-order chi connectivity index (χ0) is 20.6. The molecule has 0 aromatic heterocycles. The van der Waals surface area contributed by atoms with Gasteiger partial charge < -0.3 is 24.1 Å². The number of esters is 1. The molecule has 0 bridgehead atoms. The van der Waals surface area contributed by atoms with Crippen molar-refractivity contribution in [2.24, 2.45) is 0 Å². The molecule has 2 heterocycles.